The Labute approximate surface area is 149 Å². The molecule has 134 valence electrons. The second-order valence-electron chi connectivity index (χ2n) is 6.80. The Bertz CT molecular complexity index is 738. The summed E-state index contributed by atoms with van der Waals surface area (Å²) >= 11 is 0. The third-order valence-corrected chi connectivity index (χ3v) is 4.99. The van der Waals surface area contributed by atoms with Gasteiger partial charge < -0.3 is 9.64 Å². The summed E-state index contributed by atoms with van der Waals surface area (Å²) in [6.07, 6.45) is 3.36. The molecule has 0 saturated carbocycles. The van der Waals surface area contributed by atoms with Crippen molar-refractivity contribution in [1.82, 2.24) is 14.7 Å². The largest absolute Gasteiger partial charge is 0.496 e. The number of amides is 1. The Morgan fingerprint density at radius 2 is 2.12 bits per heavy atom. The van der Waals surface area contributed by atoms with Gasteiger partial charge in [0.1, 0.15) is 5.75 Å². The number of likely N-dealkylation sites (tertiary alicyclic amines) is 1. The zero-order chi connectivity index (χ0) is 17.8. The molecule has 5 nitrogen and oxygen atoms in total. The van der Waals surface area contributed by atoms with Crippen LogP contribution in [0.3, 0.4) is 0 Å². The summed E-state index contributed by atoms with van der Waals surface area (Å²) in [5, 5.41) is 4.55. The molecule has 1 aromatic heterocycles. The van der Waals surface area contributed by atoms with Gasteiger partial charge in [-0.15, -0.1) is 0 Å². The number of ether oxygens (including phenoxy) is 1. The highest BCUT2D eigenvalue weighted by molar-refractivity contribution is 5.77. The molecule has 0 unspecified atom stereocenters. The Morgan fingerprint density at radius 3 is 2.84 bits per heavy atom. The van der Waals surface area contributed by atoms with Crippen LogP contribution in [0.25, 0.3) is 0 Å². The van der Waals surface area contributed by atoms with Crippen LogP contribution in [0.4, 0.5) is 0 Å². The molecule has 0 N–H and O–H groups in total. The predicted molar refractivity (Wildman–Crippen MR) is 97.8 cm³/mol. The lowest BCUT2D eigenvalue weighted by atomic mass is 10.1. The van der Waals surface area contributed by atoms with E-state index in [1.54, 1.807) is 7.11 Å². The molecule has 0 bridgehead atoms. The molecule has 2 aromatic rings. The molecular formula is C20H27N3O2. The first-order valence-corrected chi connectivity index (χ1v) is 9.01. The number of benzene rings is 1. The summed E-state index contributed by atoms with van der Waals surface area (Å²) in [7, 11) is 1.67. The van der Waals surface area contributed by atoms with E-state index in [0.717, 1.165) is 48.6 Å². The van der Waals surface area contributed by atoms with E-state index in [4.69, 9.17) is 4.74 Å². The van der Waals surface area contributed by atoms with Crippen LogP contribution >= 0.6 is 0 Å². The van der Waals surface area contributed by atoms with E-state index in [2.05, 4.69) is 18.1 Å². The van der Waals surface area contributed by atoms with Gasteiger partial charge in [-0.1, -0.05) is 18.2 Å². The molecule has 5 heteroatoms. The minimum absolute atomic E-state index is 0.231. The first kappa shape index (κ1) is 17.5. The second kappa shape index (κ2) is 7.72. The van der Waals surface area contributed by atoms with Crippen LogP contribution < -0.4 is 4.74 Å². The Balaban J connectivity index is 1.61. The number of aromatic nitrogens is 2. The normalized spacial score (nSPS) is 17.1. The number of methoxy groups -OCH3 is 1. The zero-order valence-electron chi connectivity index (χ0n) is 15.4. The zero-order valence-corrected chi connectivity index (χ0v) is 15.4. The second-order valence-corrected chi connectivity index (χ2v) is 6.80. The molecule has 0 spiro atoms. The summed E-state index contributed by atoms with van der Waals surface area (Å²) in [5.74, 6) is 1.09. The summed E-state index contributed by atoms with van der Waals surface area (Å²) in [6.45, 7) is 5.73. The van der Waals surface area contributed by atoms with Crippen LogP contribution in [-0.4, -0.2) is 40.3 Å². The van der Waals surface area contributed by atoms with Gasteiger partial charge >= 0.3 is 0 Å². The van der Waals surface area contributed by atoms with Crippen LogP contribution in [-0.2, 0) is 17.8 Å². The van der Waals surface area contributed by atoms with Gasteiger partial charge in [0, 0.05) is 18.7 Å². The summed E-state index contributed by atoms with van der Waals surface area (Å²) in [6, 6.07) is 10.3. The minimum atomic E-state index is 0.231. The molecule has 1 amide bonds. The standard InChI is InChI=1S/C20H27N3O2/c1-15-13-16(2)23(21-15)14-18-8-6-12-22(18)20(24)11-10-17-7-4-5-9-19(17)25-3/h4-5,7,9,13,18H,6,8,10-12,14H2,1-3H3/t18-/m0/s1. The van der Waals surface area contributed by atoms with E-state index in [1.807, 2.05) is 40.8 Å². The van der Waals surface area contributed by atoms with Gasteiger partial charge in [-0.2, -0.15) is 5.10 Å². The number of aryl methyl sites for hydroxylation is 3. The topological polar surface area (TPSA) is 47.4 Å². The SMILES string of the molecule is COc1ccccc1CCC(=O)N1CCC[C@H]1Cn1nc(C)cc1C. The van der Waals surface area contributed by atoms with Crippen molar-refractivity contribution in [2.75, 3.05) is 13.7 Å². The molecule has 1 aliphatic rings. The molecule has 1 aromatic carbocycles. The number of carbonyl (C=O) groups is 1. The maximum absolute atomic E-state index is 12.8. The average Bonchev–Trinajstić information content (AvgIpc) is 3.19. The quantitative estimate of drug-likeness (QED) is 0.811. The molecule has 1 aliphatic heterocycles. The molecule has 1 atom stereocenters. The van der Waals surface area contributed by atoms with E-state index in [0.29, 0.717) is 12.8 Å². The molecule has 3 rings (SSSR count). The number of hydrogen-bond donors (Lipinski definition) is 0. The smallest absolute Gasteiger partial charge is 0.223 e. The highest BCUT2D eigenvalue weighted by atomic mass is 16.5. The number of rotatable bonds is 6. The van der Waals surface area contributed by atoms with Gasteiger partial charge in [0.25, 0.3) is 0 Å². The molecular weight excluding hydrogens is 314 g/mol. The highest BCUT2D eigenvalue weighted by Crippen LogP contribution is 2.23. The summed E-state index contributed by atoms with van der Waals surface area (Å²) < 4.78 is 7.42. The lowest BCUT2D eigenvalue weighted by Crippen LogP contribution is -2.38. The fourth-order valence-corrected chi connectivity index (χ4v) is 3.71. The third-order valence-electron chi connectivity index (χ3n) is 4.99. The van der Waals surface area contributed by atoms with Gasteiger partial charge in [-0.05, 0) is 50.8 Å². The Morgan fingerprint density at radius 1 is 1.32 bits per heavy atom. The maximum atomic E-state index is 12.8. The van der Waals surface area contributed by atoms with E-state index in [-0.39, 0.29) is 11.9 Å². The van der Waals surface area contributed by atoms with Gasteiger partial charge in [0.15, 0.2) is 0 Å². The lowest BCUT2D eigenvalue weighted by molar-refractivity contribution is -0.132. The van der Waals surface area contributed by atoms with Gasteiger partial charge in [-0.3, -0.25) is 9.48 Å². The van der Waals surface area contributed by atoms with Crippen molar-refractivity contribution in [1.29, 1.82) is 0 Å². The van der Waals surface area contributed by atoms with Crippen LogP contribution in [0, 0.1) is 13.8 Å². The number of nitrogens with zero attached hydrogens (tertiary/aromatic N) is 3. The van der Waals surface area contributed by atoms with Crippen LogP contribution in [0.1, 0.15) is 36.2 Å². The van der Waals surface area contributed by atoms with Crippen molar-refractivity contribution in [3.63, 3.8) is 0 Å². The first-order valence-electron chi connectivity index (χ1n) is 9.01. The summed E-state index contributed by atoms with van der Waals surface area (Å²) in [4.78, 5) is 14.8. The Kier molecular flexibility index (Phi) is 5.41. The molecule has 25 heavy (non-hydrogen) atoms. The Hall–Kier alpha value is -2.30. The summed E-state index contributed by atoms with van der Waals surface area (Å²) in [5.41, 5.74) is 3.28. The van der Waals surface area contributed by atoms with E-state index in [1.165, 1.54) is 0 Å². The van der Waals surface area contributed by atoms with Crippen molar-refractivity contribution in [2.45, 2.75) is 52.1 Å². The monoisotopic (exact) mass is 341 g/mol. The first-order chi connectivity index (χ1) is 12.1. The van der Waals surface area contributed by atoms with Crippen molar-refractivity contribution >= 4 is 5.91 Å². The van der Waals surface area contributed by atoms with Gasteiger partial charge in [-0.25, -0.2) is 0 Å². The number of hydrogen-bond acceptors (Lipinski definition) is 3. The molecule has 0 radical (unpaired) electrons. The van der Waals surface area contributed by atoms with E-state index >= 15 is 0 Å². The van der Waals surface area contributed by atoms with Gasteiger partial charge in [0.05, 0.1) is 25.4 Å². The van der Waals surface area contributed by atoms with Crippen molar-refractivity contribution in [3.8, 4) is 5.75 Å². The molecule has 1 saturated heterocycles. The maximum Gasteiger partial charge on any atom is 0.223 e. The minimum Gasteiger partial charge on any atom is -0.496 e. The fraction of sp³-hybridized carbons (Fsp3) is 0.500. The van der Waals surface area contributed by atoms with Crippen molar-refractivity contribution in [2.24, 2.45) is 0 Å². The van der Waals surface area contributed by atoms with Gasteiger partial charge in [0.2, 0.25) is 5.91 Å². The fourth-order valence-electron chi connectivity index (χ4n) is 3.71. The number of para-hydroxylation sites is 1. The number of carbonyl (C=O) groups excluding carboxylic acids is 1. The molecule has 0 aliphatic carbocycles. The van der Waals surface area contributed by atoms with Crippen LogP contribution in [0.2, 0.25) is 0 Å². The van der Waals surface area contributed by atoms with E-state index < -0.39 is 0 Å². The van der Waals surface area contributed by atoms with Crippen molar-refractivity contribution in [3.05, 3.63) is 47.3 Å². The predicted octanol–water partition coefficient (Wildman–Crippen LogP) is 3.13. The lowest BCUT2D eigenvalue weighted by Gasteiger charge is -2.25. The third kappa shape index (κ3) is 4.03. The van der Waals surface area contributed by atoms with Crippen LogP contribution in [0.15, 0.2) is 30.3 Å². The van der Waals surface area contributed by atoms with Crippen molar-refractivity contribution < 1.29 is 9.53 Å². The van der Waals surface area contributed by atoms with Crippen LogP contribution in [0.5, 0.6) is 5.75 Å². The molecule has 1 fully saturated rings. The highest BCUT2D eigenvalue weighted by Gasteiger charge is 2.29. The molecule has 2 heterocycles. The van der Waals surface area contributed by atoms with E-state index in [9.17, 15) is 4.79 Å². The average molecular weight is 341 g/mol.